The summed E-state index contributed by atoms with van der Waals surface area (Å²) in [7, 11) is 3.11. The molecule has 3 aliphatic rings. The number of benzene rings is 2. The monoisotopic (exact) mass is 479 g/mol. The second kappa shape index (κ2) is 7.30. The maximum absolute atomic E-state index is 13.8. The maximum atomic E-state index is 13.8. The third-order valence-corrected chi connectivity index (χ3v) is 7.60. The molecule has 1 saturated carbocycles. The van der Waals surface area contributed by atoms with Gasteiger partial charge >= 0.3 is 0 Å². The summed E-state index contributed by atoms with van der Waals surface area (Å²) in [5, 5.41) is 45.6. The van der Waals surface area contributed by atoms with E-state index in [1.807, 2.05) is 0 Å². The van der Waals surface area contributed by atoms with Gasteiger partial charge in [0.05, 0.1) is 11.6 Å². The zero-order valence-corrected chi connectivity index (χ0v) is 19.1. The number of aliphatic hydroxyl groups excluding tert-OH is 2. The molecular formula is C25H25N3O7. The average molecular weight is 479 g/mol. The number of Topliss-reactive ketones (excluding diaryl/α,β-unsaturated/α-hetero) is 2. The van der Waals surface area contributed by atoms with Crippen molar-refractivity contribution in [3.05, 3.63) is 52.3 Å². The van der Waals surface area contributed by atoms with Crippen molar-refractivity contribution in [3.63, 3.8) is 0 Å². The van der Waals surface area contributed by atoms with Crippen LogP contribution in [-0.2, 0) is 20.8 Å². The number of phenolic OH excluding ortho intramolecular Hbond substituents is 1. The fraction of sp³-hybridized carbons (Fsp3) is 0.320. The fourth-order valence-electron chi connectivity index (χ4n) is 6.06. The predicted octanol–water partition coefficient (Wildman–Crippen LogP) is 0.699. The van der Waals surface area contributed by atoms with Gasteiger partial charge in [0.15, 0.2) is 11.4 Å². The number of nitrogens with zero attached hydrogens (tertiary/aromatic N) is 1. The summed E-state index contributed by atoms with van der Waals surface area (Å²) < 4.78 is 0. The van der Waals surface area contributed by atoms with E-state index in [0.717, 1.165) is 0 Å². The van der Waals surface area contributed by atoms with Gasteiger partial charge in [0.25, 0.3) is 5.91 Å². The van der Waals surface area contributed by atoms with Crippen molar-refractivity contribution in [2.45, 2.75) is 24.5 Å². The van der Waals surface area contributed by atoms with Gasteiger partial charge < -0.3 is 31.9 Å². The number of hydrogen-bond acceptors (Lipinski definition) is 9. The van der Waals surface area contributed by atoms with Gasteiger partial charge in [-0.15, -0.1) is 0 Å². The van der Waals surface area contributed by atoms with Crippen LogP contribution in [0.5, 0.6) is 5.75 Å². The molecule has 0 unspecified atom stereocenters. The van der Waals surface area contributed by atoms with Crippen molar-refractivity contribution in [2.24, 2.45) is 17.6 Å². The summed E-state index contributed by atoms with van der Waals surface area (Å²) in [4.78, 5) is 40.3. The lowest BCUT2D eigenvalue weighted by molar-refractivity contribution is -0.153. The first-order chi connectivity index (χ1) is 16.4. The molecule has 1 amide bonds. The van der Waals surface area contributed by atoms with Crippen molar-refractivity contribution < 1.29 is 34.8 Å². The van der Waals surface area contributed by atoms with Crippen molar-refractivity contribution in [1.82, 2.24) is 4.90 Å². The highest BCUT2D eigenvalue weighted by Gasteiger charge is 2.64. The molecule has 0 spiro atoms. The molecule has 2 aromatic rings. The average Bonchev–Trinajstić information content (AvgIpc) is 2.76. The van der Waals surface area contributed by atoms with Gasteiger partial charge in [-0.05, 0) is 50.6 Å². The Morgan fingerprint density at radius 1 is 1.14 bits per heavy atom. The van der Waals surface area contributed by atoms with Crippen LogP contribution < -0.4 is 11.5 Å². The first-order valence-corrected chi connectivity index (χ1v) is 11.1. The van der Waals surface area contributed by atoms with E-state index in [2.05, 4.69) is 0 Å². The van der Waals surface area contributed by atoms with E-state index in [-0.39, 0.29) is 29.7 Å². The summed E-state index contributed by atoms with van der Waals surface area (Å²) in [6, 6.07) is 5.58. The van der Waals surface area contributed by atoms with E-state index in [0.29, 0.717) is 22.0 Å². The van der Waals surface area contributed by atoms with Crippen LogP contribution >= 0.6 is 0 Å². The minimum atomic E-state index is -2.65. The van der Waals surface area contributed by atoms with E-state index >= 15 is 0 Å². The molecule has 0 aromatic heterocycles. The van der Waals surface area contributed by atoms with Crippen LogP contribution in [0.3, 0.4) is 0 Å². The number of carbonyl (C=O) groups excluding carboxylic acids is 3. The second-order valence-corrected chi connectivity index (χ2v) is 9.66. The fourth-order valence-corrected chi connectivity index (χ4v) is 6.06. The lowest BCUT2D eigenvalue weighted by Gasteiger charge is -2.50. The smallest absolute Gasteiger partial charge is 0.255 e. The SMILES string of the molecule is CN(C)[C@@H]1C(=O)C(C(N)=O)=C(O)[C@@]2(O)C(=O)C3=C(O)c4c(cc5c(N)cccc5c4O)C[C@H]3C[C@@H]12. The van der Waals surface area contributed by atoms with Crippen LogP contribution in [0.4, 0.5) is 5.69 Å². The zero-order chi connectivity index (χ0) is 25.6. The van der Waals surface area contributed by atoms with Crippen molar-refractivity contribution in [1.29, 1.82) is 0 Å². The van der Waals surface area contributed by atoms with Gasteiger partial charge in [-0.3, -0.25) is 19.3 Å². The summed E-state index contributed by atoms with van der Waals surface area (Å²) in [5.74, 6) is -6.73. The zero-order valence-electron chi connectivity index (χ0n) is 19.1. The van der Waals surface area contributed by atoms with Crippen LogP contribution in [0.2, 0.25) is 0 Å². The molecule has 10 heteroatoms. The Morgan fingerprint density at radius 2 is 1.83 bits per heavy atom. The van der Waals surface area contributed by atoms with Crippen molar-refractivity contribution in [2.75, 3.05) is 19.8 Å². The molecule has 1 fully saturated rings. The standard InChI is InChI=1S/C25H25N3O7/c1-28(2)18-13-8-10-6-9-7-12-11(4-3-5-14(12)26)19(29)15(9)20(30)16(10)22(32)25(13,35)23(33)17(21(18)31)24(27)34/h3-5,7,10,13,18,29-30,33,35H,6,8,26H2,1-2H3,(H2,27,34)/t10-,13-,18-,25-/m0/s1. The number of amides is 1. The molecule has 35 heavy (non-hydrogen) atoms. The Balaban J connectivity index is 1.77. The van der Waals surface area contributed by atoms with Crippen molar-refractivity contribution in [3.8, 4) is 5.75 Å². The molecule has 2 aromatic carbocycles. The molecule has 3 aliphatic carbocycles. The number of aromatic hydroxyl groups is 1. The molecule has 182 valence electrons. The van der Waals surface area contributed by atoms with Crippen LogP contribution in [0, 0.1) is 11.8 Å². The van der Waals surface area contributed by atoms with E-state index in [1.165, 1.54) is 4.90 Å². The van der Waals surface area contributed by atoms with Crippen molar-refractivity contribution >= 4 is 39.7 Å². The molecular weight excluding hydrogens is 454 g/mol. The van der Waals surface area contributed by atoms with E-state index in [9.17, 15) is 34.8 Å². The number of carbonyl (C=O) groups is 3. The summed E-state index contributed by atoms with van der Waals surface area (Å²) >= 11 is 0. The summed E-state index contributed by atoms with van der Waals surface area (Å²) in [6.45, 7) is 0. The predicted molar refractivity (Wildman–Crippen MR) is 126 cm³/mol. The molecule has 4 atom stereocenters. The number of fused-ring (bicyclic) bond motifs is 4. The summed E-state index contributed by atoms with van der Waals surface area (Å²) in [6.07, 6.45) is 0.251. The highest BCUT2D eigenvalue weighted by atomic mass is 16.3. The quantitative estimate of drug-likeness (QED) is 0.266. The Bertz CT molecular complexity index is 1420. The minimum absolute atomic E-state index is 0.0365. The normalized spacial score (nSPS) is 28.3. The molecule has 0 radical (unpaired) electrons. The van der Waals surface area contributed by atoms with Gasteiger partial charge in [0, 0.05) is 28.0 Å². The number of ketones is 2. The lowest BCUT2D eigenvalue weighted by Crippen LogP contribution is -2.65. The molecule has 0 heterocycles. The summed E-state index contributed by atoms with van der Waals surface area (Å²) in [5.41, 5.74) is 8.76. The first-order valence-electron chi connectivity index (χ1n) is 11.1. The highest BCUT2D eigenvalue weighted by molar-refractivity contribution is 6.24. The van der Waals surface area contributed by atoms with Crippen LogP contribution in [0.25, 0.3) is 16.5 Å². The third-order valence-electron chi connectivity index (χ3n) is 7.60. The Labute approximate surface area is 199 Å². The molecule has 10 nitrogen and oxygen atoms in total. The van der Waals surface area contributed by atoms with E-state index < -0.39 is 58.0 Å². The number of anilines is 1. The van der Waals surface area contributed by atoms with Crippen LogP contribution in [-0.4, -0.2) is 68.5 Å². The highest BCUT2D eigenvalue weighted by Crippen LogP contribution is 2.53. The molecule has 8 N–H and O–H groups in total. The number of phenols is 1. The van der Waals surface area contributed by atoms with E-state index in [4.69, 9.17) is 11.5 Å². The van der Waals surface area contributed by atoms with Gasteiger partial charge in [0.1, 0.15) is 22.8 Å². The van der Waals surface area contributed by atoms with Gasteiger partial charge in [-0.25, -0.2) is 0 Å². The lowest BCUT2D eigenvalue weighted by atomic mass is 9.57. The number of nitrogen functional groups attached to an aromatic ring is 1. The number of hydrogen-bond donors (Lipinski definition) is 6. The largest absolute Gasteiger partial charge is 0.508 e. The third kappa shape index (κ3) is 2.80. The number of aliphatic hydroxyl groups is 3. The van der Waals surface area contributed by atoms with Crippen LogP contribution in [0.15, 0.2) is 41.2 Å². The first kappa shape index (κ1) is 22.9. The number of rotatable bonds is 2. The molecule has 5 rings (SSSR count). The number of nitrogens with two attached hydrogens (primary N) is 2. The Morgan fingerprint density at radius 3 is 2.46 bits per heavy atom. The van der Waals surface area contributed by atoms with Gasteiger partial charge in [0.2, 0.25) is 5.78 Å². The Hall–Kier alpha value is -3.89. The van der Waals surface area contributed by atoms with Gasteiger partial charge in [-0.1, -0.05) is 12.1 Å². The number of likely N-dealkylation sites (N-methyl/N-ethyl adjacent to an activating group) is 1. The molecule has 0 aliphatic heterocycles. The molecule has 0 saturated heterocycles. The number of primary amides is 1. The van der Waals surface area contributed by atoms with Crippen LogP contribution in [0.1, 0.15) is 17.5 Å². The maximum Gasteiger partial charge on any atom is 0.255 e. The minimum Gasteiger partial charge on any atom is -0.508 e. The molecule has 0 bridgehead atoms. The van der Waals surface area contributed by atoms with Gasteiger partial charge in [-0.2, -0.15) is 0 Å². The topological polar surface area (TPSA) is 187 Å². The second-order valence-electron chi connectivity index (χ2n) is 9.66. The van der Waals surface area contributed by atoms with E-state index in [1.54, 1.807) is 38.4 Å². The Kier molecular flexibility index (Phi) is 4.77.